The van der Waals surface area contributed by atoms with Crippen LogP contribution in [0.2, 0.25) is 0 Å². The van der Waals surface area contributed by atoms with E-state index >= 15 is 0 Å². The number of likely N-dealkylation sites (N-methyl/N-ethyl adjacent to an activating group) is 1. The molecule has 3 rings (SSSR count). The number of alkyl halides is 3. The summed E-state index contributed by atoms with van der Waals surface area (Å²) < 4.78 is 55.6. The summed E-state index contributed by atoms with van der Waals surface area (Å²) in [6, 6.07) is 10.3. The quantitative estimate of drug-likeness (QED) is 0.299. The van der Waals surface area contributed by atoms with Crippen molar-refractivity contribution >= 4 is 29.2 Å². The lowest BCUT2D eigenvalue weighted by Gasteiger charge is -2.35. The van der Waals surface area contributed by atoms with E-state index in [1.54, 1.807) is 45.3 Å². The smallest absolute Gasteiger partial charge is 0.389 e. The molecule has 0 bridgehead atoms. The molecule has 4 atom stereocenters. The number of fused-ring (bicyclic) bond motifs is 1. The molecule has 1 heterocycles. The monoisotopic (exact) mass is 680 g/mol. The number of carbonyl (C=O) groups excluding carboxylic acids is 3. The minimum Gasteiger partial charge on any atom is -0.497 e. The Bertz CT molecular complexity index is 1360. The molecule has 48 heavy (non-hydrogen) atoms. The van der Waals surface area contributed by atoms with Crippen molar-refractivity contribution in [3.8, 4) is 11.5 Å². The number of hydrogen-bond donors (Lipinski definition) is 3. The molecule has 2 aromatic rings. The zero-order valence-corrected chi connectivity index (χ0v) is 28.1. The standard InChI is InChI=1S/C34H47F3N4O7/c1-22-19-41(23(2)21-42)32(44)28-18-26(38-31(43)15-16-34(35,36)37)11-14-29(28)48-24(3)8-6-7-17-47-30(22)20-40(4)33(45)39-25-9-12-27(46-5)13-10-25/h9-14,18,22-24,30,42H,6-8,15-17,19-21H2,1-5H3,(H,38,43)(H,39,45)/t22-,23-,24+,30+/m0/s1. The molecule has 0 aliphatic carbocycles. The van der Waals surface area contributed by atoms with Gasteiger partial charge in [-0.2, -0.15) is 13.2 Å². The molecule has 0 aromatic heterocycles. The first-order valence-corrected chi connectivity index (χ1v) is 16.1. The van der Waals surface area contributed by atoms with E-state index in [-0.39, 0.29) is 54.7 Å². The Morgan fingerprint density at radius 1 is 1.10 bits per heavy atom. The number of methoxy groups -OCH3 is 1. The zero-order chi connectivity index (χ0) is 35.4. The van der Waals surface area contributed by atoms with Crippen molar-refractivity contribution in [2.24, 2.45) is 5.92 Å². The van der Waals surface area contributed by atoms with Crippen LogP contribution in [0.4, 0.5) is 29.3 Å². The summed E-state index contributed by atoms with van der Waals surface area (Å²) in [5, 5.41) is 15.4. The van der Waals surface area contributed by atoms with Crippen molar-refractivity contribution in [1.82, 2.24) is 9.80 Å². The Balaban J connectivity index is 1.86. The van der Waals surface area contributed by atoms with E-state index < -0.39 is 43.0 Å². The highest BCUT2D eigenvalue weighted by Crippen LogP contribution is 2.29. The fraction of sp³-hybridized carbons (Fsp3) is 0.559. The van der Waals surface area contributed by atoms with Gasteiger partial charge in [0, 0.05) is 50.5 Å². The van der Waals surface area contributed by atoms with Crippen LogP contribution in [-0.2, 0) is 9.53 Å². The first-order valence-electron chi connectivity index (χ1n) is 16.1. The second kappa shape index (κ2) is 17.9. The van der Waals surface area contributed by atoms with Crippen molar-refractivity contribution in [2.75, 3.05) is 51.1 Å². The Hall–Kier alpha value is -4.04. The number of benzene rings is 2. The molecule has 0 radical (unpaired) electrons. The number of hydrogen-bond acceptors (Lipinski definition) is 7. The van der Waals surface area contributed by atoms with Crippen LogP contribution in [0.1, 0.15) is 63.2 Å². The highest BCUT2D eigenvalue weighted by atomic mass is 19.4. The second-order valence-electron chi connectivity index (χ2n) is 12.2. The van der Waals surface area contributed by atoms with Gasteiger partial charge in [0.1, 0.15) is 11.5 Å². The highest BCUT2D eigenvalue weighted by molar-refractivity contribution is 5.99. The summed E-state index contributed by atoms with van der Waals surface area (Å²) in [5.74, 6) is -0.744. The second-order valence-corrected chi connectivity index (χ2v) is 12.2. The number of carbonyl (C=O) groups is 3. The molecule has 0 fully saturated rings. The lowest BCUT2D eigenvalue weighted by atomic mass is 10.0. The maximum atomic E-state index is 14.2. The van der Waals surface area contributed by atoms with Crippen LogP contribution in [-0.4, -0.2) is 97.6 Å². The fourth-order valence-corrected chi connectivity index (χ4v) is 5.19. The van der Waals surface area contributed by atoms with Gasteiger partial charge in [-0.25, -0.2) is 4.79 Å². The van der Waals surface area contributed by atoms with Gasteiger partial charge in [0.05, 0.1) is 44.0 Å². The lowest BCUT2D eigenvalue weighted by molar-refractivity contribution is -0.142. The third kappa shape index (κ3) is 11.9. The van der Waals surface area contributed by atoms with Crippen LogP contribution in [0.5, 0.6) is 11.5 Å². The third-order valence-corrected chi connectivity index (χ3v) is 8.11. The summed E-state index contributed by atoms with van der Waals surface area (Å²) in [6.07, 6.45) is -5.15. The zero-order valence-electron chi connectivity index (χ0n) is 28.1. The number of urea groups is 1. The van der Waals surface area contributed by atoms with Crippen LogP contribution < -0.4 is 20.1 Å². The number of nitrogens with zero attached hydrogens (tertiary/aromatic N) is 2. The number of ether oxygens (including phenoxy) is 3. The summed E-state index contributed by atoms with van der Waals surface area (Å²) in [5.41, 5.74) is 0.822. The molecule has 11 nitrogen and oxygen atoms in total. The number of anilines is 2. The van der Waals surface area contributed by atoms with Gasteiger partial charge in [-0.05, 0) is 75.6 Å². The van der Waals surface area contributed by atoms with E-state index in [1.165, 1.54) is 28.0 Å². The highest BCUT2D eigenvalue weighted by Gasteiger charge is 2.32. The molecule has 0 saturated carbocycles. The number of nitrogens with one attached hydrogen (secondary N) is 2. The van der Waals surface area contributed by atoms with Crippen LogP contribution in [0.15, 0.2) is 42.5 Å². The van der Waals surface area contributed by atoms with Gasteiger partial charge in [0.2, 0.25) is 5.91 Å². The molecular weight excluding hydrogens is 633 g/mol. The van der Waals surface area contributed by atoms with E-state index in [9.17, 15) is 32.7 Å². The molecule has 1 aliphatic rings. The van der Waals surface area contributed by atoms with Gasteiger partial charge in [0.25, 0.3) is 5.91 Å². The van der Waals surface area contributed by atoms with E-state index in [2.05, 4.69) is 10.6 Å². The number of halogens is 3. The molecule has 0 unspecified atom stereocenters. The molecule has 266 valence electrons. The van der Waals surface area contributed by atoms with Crippen LogP contribution >= 0.6 is 0 Å². The number of aliphatic hydroxyl groups is 1. The van der Waals surface area contributed by atoms with E-state index in [1.807, 2.05) is 13.8 Å². The molecule has 1 aliphatic heterocycles. The minimum absolute atomic E-state index is 0.0912. The Labute approximate surface area is 279 Å². The maximum Gasteiger partial charge on any atom is 0.389 e. The molecule has 2 aromatic carbocycles. The number of amides is 4. The lowest BCUT2D eigenvalue weighted by Crippen LogP contribution is -2.48. The molecule has 3 N–H and O–H groups in total. The largest absolute Gasteiger partial charge is 0.497 e. The van der Waals surface area contributed by atoms with Gasteiger partial charge < -0.3 is 39.8 Å². The van der Waals surface area contributed by atoms with Crippen molar-refractivity contribution in [3.63, 3.8) is 0 Å². The SMILES string of the molecule is COc1ccc(NC(=O)N(C)C[C@H]2OCCCC[C@@H](C)Oc3ccc(NC(=O)CCC(F)(F)F)cc3C(=O)N([C@@H](C)CO)C[C@@H]2C)cc1. The van der Waals surface area contributed by atoms with Gasteiger partial charge >= 0.3 is 12.2 Å². The Morgan fingerprint density at radius 2 is 1.79 bits per heavy atom. The van der Waals surface area contributed by atoms with E-state index in [0.29, 0.717) is 24.5 Å². The van der Waals surface area contributed by atoms with Crippen molar-refractivity contribution in [1.29, 1.82) is 0 Å². The van der Waals surface area contributed by atoms with E-state index in [0.717, 1.165) is 12.8 Å². The van der Waals surface area contributed by atoms with Gasteiger partial charge in [-0.3, -0.25) is 9.59 Å². The normalized spacial score (nSPS) is 20.1. The van der Waals surface area contributed by atoms with Crippen molar-refractivity contribution in [3.05, 3.63) is 48.0 Å². The predicted molar refractivity (Wildman–Crippen MR) is 175 cm³/mol. The maximum absolute atomic E-state index is 14.2. The Kier molecular flexibility index (Phi) is 14.3. The van der Waals surface area contributed by atoms with Crippen molar-refractivity contribution in [2.45, 2.75) is 77.3 Å². The summed E-state index contributed by atoms with van der Waals surface area (Å²) >= 11 is 0. The average molecular weight is 681 g/mol. The molecule has 14 heteroatoms. The summed E-state index contributed by atoms with van der Waals surface area (Å²) in [4.78, 5) is 42.5. The summed E-state index contributed by atoms with van der Waals surface area (Å²) in [7, 11) is 3.21. The average Bonchev–Trinajstić information content (AvgIpc) is 3.05. The van der Waals surface area contributed by atoms with Gasteiger partial charge in [-0.1, -0.05) is 6.92 Å². The van der Waals surface area contributed by atoms with E-state index in [4.69, 9.17) is 14.2 Å². The molecule has 0 spiro atoms. The number of rotatable bonds is 9. The van der Waals surface area contributed by atoms with Crippen LogP contribution in [0, 0.1) is 5.92 Å². The molecule has 0 saturated heterocycles. The summed E-state index contributed by atoms with van der Waals surface area (Å²) in [6.45, 7) is 5.86. The molecule has 4 amide bonds. The number of aliphatic hydroxyl groups excluding tert-OH is 1. The third-order valence-electron chi connectivity index (χ3n) is 8.11. The first-order chi connectivity index (χ1) is 22.7. The fourth-order valence-electron chi connectivity index (χ4n) is 5.19. The van der Waals surface area contributed by atoms with Gasteiger partial charge in [0.15, 0.2) is 0 Å². The minimum atomic E-state index is -4.48. The topological polar surface area (TPSA) is 130 Å². The van der Waals surface area contributed by atoms with Crippen LogP contribution in [0.25, 0.3) is 0 Å². The first kappa shape index (κ1) is 38.4. The van der Waals surface area contributed by atoms with Crippen molar-refractivity contribution < 1.29 is 46.9 Å². The van der Waals surface area contributed by atoms with Crippen LogP contribution in [0.3, 0.4) is 0 Å². The predicted octanol–water partition coefficient (Wildman–Crippen LogP) is 5.94. The molecular formula is C34H47F3N4O7. The Morgan fingerprint density at radius 3 is 2.44 bits per heavy atom. The van der Waals surface area contributed by atoms with Gasteiger partial charge in [-0.15, -0.1) is 0 Å².